The Morgan fingerprint density at radius 3 is 1.05 bits per heavy atom. The first-order valence-corrected chi connectivity index (χ1v) is 16.5. The maximum atomic E-state index is 11.6. The number of imidazole rings is 3. The molecule has 16 nitrogen and oxygen atoms in total. The molecule has 6 rings (SSSR count). The number of aromatic nitrogens is 6. The fraction of sp³-hybridized carbons (Fsp3) is 0.125. The van der Waals surface area contributed by atoms with Crippen molar-refractivity contribution in [3.05, 3.63) is 72.1 Å². The molecule has 0 saturated heterocycles. The van der Waals surface area contributed by atoms with Crippen LogP contribution < -0.4 is 0 Å². The molecule has 0 fully saturated rings. The van der Waals surface area contributed by atoms with E-state index in [4.69, 9.17) is 0 Å². The summed E-state index contributed by atoms with van der Waals surface area (Å²) < 4.78 is 97.5. The molecule has 3 aromatic heterocycles. The van der Waals surface area contributed by atoms with E-state index >= 15 is 0 Å². The summed E-state index contributed by atoms with van der Waals surface area (Å²) in [6.45, 7) is 0.448. The van der Waals surface area contributed by atoms with Crippen LogP contribution in [0.25, 0.3) is 33.1 Å². The van der Waals surface area contributed by atoms with Gasteiger partial charge in [-0.3, -0.25) is 18.6 Å². The molecule has 0 atom stereocenters. The summed E-state index contributed by atoms with van der Waals surface area (Å²) >= 11 is 0. The molecule has 6 N–H and O–H groups in total. The molecule has 3 aromatic carbocycles. The van der Waals surface area contributed by atoms with Crippen molar-refractivity contribution >= 4 is 63.5 Å². The quantitative estimate of drug-likeness (QED) is 0.123. The molecule has 224 valence electrons. The average Bonchev–Trinajstić information content (AvgIpc) is 3.60. The summed E-state index contributed by atoms with van der Waals surface area (Å²) in [5.74, 6) is 1.28. The number of H-pyrrole nitrogens is 3. The highest BCUT2D eigenvalue weighted by atomic mass is 32.2. The van der Waals surface area contributed by atoms with E-state index in [9.17, 15) is 38.9 Å². The lowest BCUT2D eigenvalue weighted by molar-refractivity contribution is 0.232. The van der Waals surface area contributed by atoms with Crippen LogP contribution in [0.4, 0.5) is 0 Å². The molecular weight excluding hydrogens is 627 g/mol. The molecule has 6 aromatic rings. The van der Waals surface area contributed by atoms with Gasteiger partial charge in [0.1, 0.15) is 17.5 Å². The van der Waals surface area contributed by atoms with Gasteiger partial charge in [0.05, 0.1) is 67.4 Å². The van der Waals surface area contributed by atoms with Crippen molar-refractivity contribution in [1.82, 2.24) is 34.8 Å². The van der Waals surface area contributed by atoms with Crippen LogP contribution in [0.3, 0.4) is 0 Å². The Labute approximate surface area is 243 Å². The van der Waals surface area contributed by atoms with Crippen LogP contribution in [0.1, 0.15) is 17.5 Å². The predicted molar refractivity (Wildman–Crippen MR) is 151 cm³/mol. The van der Waals surface area contributed by atoms with Crippen LogP contribution >= 0.6 is 0 Å². The van der Waals surface area contributed by atoms with Crippen molar-refractivity contribution in [2.45, 2.75) is 34.3 Å². The van der Waals surface area contributed by atoms with Crippen LogP contribution in [-0.2, 0) is 50.0 Å². The summed E-state index contributed by atoms with van der Waals surface area (Å²) in [6, 6.07) is 11.8. The highest BCUT2D eigenvalue weighted by Gasteiger charge is 2.19. The zero-order chi connectivity index (χ0) is 30.7. The number of hydrogen-bond acceptors (Lipinski definition) is 10. The lowest BCUT2D eigenvalue weighted by atomic mass is 10.3. The summed E-state index contributed by atoms with van der Waals surface area (Å²) in [4.78, 5) is 23.5. The smallest absolute Gasteiger partial charge is 0.294 e. The monoisotopic (exact) mass is 647 g/mol. The molecule has 0 aliphatic rings. The van der Waals surface area contributed by atoms with E-state index in [0.717, 1.165) is 0 Å². The first-order chi connectivity index (χ1) is 20.1. The summed E-state index contributed by atoms with van der Waals surface area (Å²) in [5, 5.41) is 0. The minimum absolute atomic E-state index is 0.149. The van der Waals surface area contributed by atoms with E-state index in [1.807, 2.05) is 4.90 Å². The summed E-state index contributed by atoms with van der Waals surface area (Å²) in [7, 11) is -13.3. The van der Waals surface area contributed by atoms with E-state index < -0.39 is 30.4 Å². The Kier molecular flexibility index (Phi) is 6.84. The van der Waals surface area contributed by atoms with Gasteiger partial charge in [0.25, 0.3) is 30.4 Å². The molecule has 19 heteroatoms. The highest BCUT2D eigenvalue weighted by Crippen LogP contribution is 2.22. The van der Waals surface area contributed by atoms with Crippen LogP contribution in [-0.4, -0.2) is 73.7 Å². The third-order valence-corrected chi connectivity index (χ3v) is 9.07. The van der Waals surface area contributed by atoms with E-state index in [0.29, 0.717) is 50.6 Å². The Balaban J connectivity index is 1.35. The number of benzene rings is 3. The van der Waals surface area contributed by atoms with Crippen molar-refractivity contribution in [3.63, 3.8) is 0 Å². The lowest BCUT2D eigenvalue weighted by Crippen LogP contribution is -2.24. The van der Waals surface area contributed by atoms with Crippen molar-refractivity contribution < 1.29 is 38.9 Å². The molecular formula is C24H21N7O9S3. The molecule has 0 aliphatic carbocycles. The van der Waals surface area contributed by atoms with Gasteiger partial charge in [0, 0.05) is 0 Å². The molecule has 0 aliphatic heterocycles. The van der Waals surface area contributed by atoms with Crippen LogP contribution in [0, 0.1) is 0 Å². The molecule has 0 spiro atoms. The highest BCUT2D eigenvalue weighted by molar-refractivity contribution is 7.86. The first-order valence-electron chi connectivity index (χ1n) is 12.2. The molecule has 3 heterocycles. The maximum Gasteiger partial charge on any atom is 0.294 e. The largest absolute Gasteiger partial charge is 0.341 e. The van der Waals surface area contributed by atoms with Gasteiger partial charge < -0.3 is 15.0 Å². The van der Waals surface area contributed by atoms with Crippen molar-refractivity contribution in [2.75, 3.05) is 0 Å². The van der Waals surface area contributed by atoms with Gasteiger partial charge in [-0.1, -0.05) is 0 Å². The van der Waals surface area contributed by atoms with E-state index in [1.54, 1.807) is 0 Å². The zero-order valence-corrected chi connectivity index (χ0v) is 24.1. The van der Waals surface area contributed by atoms with Crippen molar-refractivity contribution in [3.8, 4) is 0 Å². The standard InChI is InChI=1S/C24H21N7O9S3/c32-41(33,34)13-1-4-16-19(7-13)28-22(25-16)10-31(11-23-26-17-5-2-14(42(35,36)37)8-20(17)29-23)12-24-27-18-6-3-15(43(38,39)40)9-21(18)30-24/h1-9H,10-12H2,(H,25,28)(H,26,29)(H,27,30)(H,32,33,34)(H,35,36,37)(H,38,39,40). The Morgan fingerprint density at radius 1 is 0.512 bits per heavy atom. The number of fused-ring (bicyclic) bond motifs is 3. The van der Waals surface area contributed by atoms with Crippen LogP contribution in [0.15, 0.2) is 69.3 Å². The van der Waals surface area contributed by atoms with Gasteiger partial charge in [0.2, 0.25) is 0 Å². The number of aromatic amines is 3. The van der Waals surface area contributed by atoms with Gasteiger partial charge in [-0.05, 0) is 54.6 Å². The molecule has 43 heavy (non-hydrogen) atoms. The van der Waals surface area contributed by atoms with Gasteiger partial charge in [-0.15, -0.1) is 0 Å². The van der Waals surface area contributed by atoms with Crippen molar-refractivity contribution in [2.24, 2.45) is 0 Å². The third kappa shape index (κ3) is 6.13. The molecule has 0 saturated carbocycles. The number of nitrogens with zero attached hydrogens (tertiary/aromatic N) is 4. The maximum absolute atomic E-state index is 11.6. The first kappa shape index (κ1) is 28.9. The Hall–Kier alpha value is -4.24. The number of rotatable bonds is 9. The number of nitrogens with one attached hydrogen (secondary N) is 3. The van der Waals surface area contributed by atoms with Gasteiger partial charge >= 0.3 is 0 Å². The fourth-order valence-electron chi connectivity index (χ4n) is 4.63. The SMILES string of the molecule is O=S(=O)(O)c1ccc2nc(CN(Cc3nc4ccc(S(=O)(=O)O)cc4[nH]3)Cc3nc4ccc(S(=O)(=O)O)cc4[nH]3)[nH]c2c1. The second kappa shape index (κ2) is 10.2. The van der Waals surface area contributed by atoms with E-state index in [2.05, 4.69) is 29.9 Å². The number of hydrogen-bond donors (Lipinski definition) is 6. The second-order valence-corrected chi connectivity index (χ2v) is 13.9. The van der Waals surface area contributed by atoms with Crippen LogP contribution in [0.2, 0.25) is 0 Å². The normalized spacial score (nSPS) is 13.1. The minimum Gasteiger partial charge on any atom is -0.341 e. The van der Waals surface area contributed by atoms with E-state index in [1.165, 1.54) is 54.6 Å². The molecule has 0 radical (unpaired) electrons. The van der Waals surface area contributed by atoms with E-state index in [-0.39, 0.29) is 34.3 Å². The average molecular weight is 648 g/mol. The zero-order valence-electron chi connectivity index (χ0n) is 21.6. The van der Waals surface area contributed by atoms with Gasteiger partial charge in [0.15, 0.2) is 0 Å². The second-order valence-electron chi connectivity index (χ2n) is 9.66. The lowest BCUT2D eigenvalue weighted by Gasteiger charge is -2.18. The summed E-state index contributed by atoms with van der Waals surface area (Å²) in [5.41, 5.74) is 2.45. The Bertz CT molecular complexity index is 2110. The minimum atomic E-state index is -4.43. The Morgan fingerprint density at radius 2 is 0.791 bits per heavy atom. The molecule has 0 amide bonds. The predicted octanol–water partition coefficient (Wildman–Crippen LogP) is 2.26. The topological polar surface area (TPSA) is 252 Å². The van der Waals surface area contributed by atoms with Gasteiger partial charge in [-0.25, -0.2) is 15.0 Å². The van der Waals surface area contributed by atoms with Crippen molar-refractivity contribution in [1.29, 1.82) is 0 Å². The third-order valence-electron chi connectivity index (χ3n) is 6.52. The van der Waals surface area contributed by atoms with Crippen LogP contribution in [0.5, 0.6) is 0 Å². The summed E-state index contributed by atoms with van der Waals surface area (Å²) in [6.07, 6.45) is 0. The molecule has 0 unspecified atom stereocenters. The fourth-order valence-corrected chi connectivity index (χ4v) is 6.15. The van der Waals surface area contributed by atoms with Gasteiger partial charge in [-0.2, -0.15) is 25.3 Å². The molecule has 0 bridgehead atoms.